The molecule has 0 spiro atoms. The predicted octanol–water partition coefficient (Wildman–Crippen LogP) is 2.22. The zero-order chi connectivity index (χ0) is 13.8. The number of carbonyl (C=O) groups is 2. The fourth-order valence-corrected chi connectivity index (χ4v) is 2.53. The molecule has 102 valence electrons. The summed E-state index contributed by atoms with van der Waals surface area (Å²) in [7, 11) is 0. The molecule has 1 heterocycles. The van der Waals surface area contributed by atoms with Gasteiger partial charge in [0.15, 0.2) is 0 Å². The Labute approximate surface area is 118 Å². The average Bonchev–Trinajstić information content (AvgIpc) is 2.77. The lowest BCUT2D eigenvalue weighted by Gasteiger charge is -2.13. The zero-order valence-electron chi connectivity index (χ0n) is 10.1. The molecule has 19 heavy (non-hydrogen) atoms. The van der Waals surface area contributed by atoms with E-state index in [4.69, 9.17) is 5.11 Å². The normalized spacial score (nSPS) is 21.9. The Bertz CT molecular complexity index is 495. The van der Waals surface area contributed by atoms with Crippen LogP contribution < -0.4 is 10.6 Å². The molecule has 1 aromatic heterocycles. The summed E-state index contributed by atoms with van der Waals surface area (Å²) in [5.74, 6) is -1.14. The van der Waals surface area contributed by atoms with Crippen LogP contribution in [0.5, 0.6) is 0 Å². The summed E-state index contributed by atoms with van der Waals surface area (Å²) in [5.41, 5.74) is 0.583. The van der Waals surface area contributed by atoms with Crippen molar-refractivity contribution in [3.63, 3.8) is 0 Å². The van der Waals surface area contributed by atoms with Gasteiger partial charge in [-0.1, -0.05) is 0 Å². The molecule has 2 atom stereocenters. The van der Waals surface area contributed by atoms with Crippen LogP contribution in [0.3, 0.4) is 0 Å². The molecule has 2 amide bonds. The van der Waals surface area contributed by atoms with Gasteiger partial charge in [-0.05, 0) is 41.3 Å². The third-order valence-corrected chi connectivity index (χ3v) is 3.51. The SMILES string of the molecule is O=C(Nc1cncc(Br)c1)N[C@H]1CC[C@@H](C(=O)O)C1. The minimum absolute atomic E-state index is 0.0822. The summed E-state index contributed by atoms with van der Waals surface area (Å²) < 4.78 is 0.775. The van der Waals surface area contributed by atoms with Crippen LogP contribution in [-0.4, -0.2) is 28.1 Å². The van der Waals surface area contributed by atoms with Gasteiger partial charge in [-0.2, -0.15) is 0 Å². The summed E-state index contributed by atoms with van der Waals surface area (Å²) in [6.07, 6.45) is 4.95. The third kappa shape index (κ3) is 3.92. The number of hydrogen-bond donors (Lipinski definition) is 3. The van der Waals surface area contributed by atoms with Gasteiger partial charge in [0.2, 0.25) is 0 Å². The summed E-state index contributed by atoms with van der Waals surface area (Å²) in [5, 5.41) is 14.3. The Hall–Kier alpha value is -1.63. The molecule has 7 heteroatoms. The van der Waals surface area contributed by atoms with Crippen LogP contribution in [0.1, 0.15) is 19.3 Å². The maximum atomic E-state index is 11.7. The monoisotopic (exact) mass is 327 g/mol. The number of carboxylic acid groups (broad SMARTS) is 1. The van der Waals surface area contributed by atoms with Crippen LogP contribution in [0.2, 0.25) is 0 Å². The van der Waals surface area contributed by atoms with Gasteiger partial charge in [0.25, 0.3) is 0 Å². The van der Waals surface area contributed by atoms with E-state index in [-0.39, 0.29) is 18.0 Å². The summed E-state index contributed by atoms with van der Waals surface area (Å²) in [6, 6.07) is 1.32. The topological polar surface area (TPSA) is 91.3 Å². The first-order chi connectivity index (χ1) is 9.04. The molecule has 0 unspecified atom stereocenters. The molecule has 3 N–H and O–H groups in total. The van der Waals surface area contributed by atoms with Crippen molar-refractivity contribution in [3.05, 3.63) is 22.9 Å². The van der Waals surface area contributed by atoms with Crippen LogP contribution >= 0.6 is 15.9 Å². The minimum Gasteiger partial charge on any atom is -0.481 e. The molecule has 0 radical (unpaired) electrons. The number of urea groups is 1. The Morgan fingerprint density at radius 1 is 1.37 bits per heavy atom. The Kier molecular flexibility index (Phi) is 4.36. The molecule has 1 aliphatic carbocycles. The van der Waals surface area contributed by atoms with E-state index in [1.54, 1.807) is 18.5 Å². The van der Waals surface area contributed by atoms with Gasteiger partial charge in [-0.25, -0.2) is 4.79 Å². The molecule has 2 rings (SSSR count). The van der Waals surface area contributed by atoms with Crippen molar-refractivity contribution in [2.24, 2.45) is 5.92 Å². The molecule has 6 nitrogen and oxygen atoms in total. The fraction of sp³-hybridized carbons (Fsp3) is 0.417. The zero-order valence-corrected chi connectivity index (χ0v) is 11.7. The number of hydrogen-bond acceptors (Lipinski definition) is 3. The van der Waals surface area contributed by atoms with Crippen molar-refractivity contribution in [3.8, 4) is 0 Å². The number of aliphatic carboxylic acids is 1. The van der Waals surface area contributed by atoms with Crippen molar-refractivity contribution >= 4 is 33.6 Å². The van der Waals surface area contributed by atoms with Crippen LogP contribution in [0.25, 0.3) is 0 Å². The second kappa shape index (κ2) is 6.01. The Morgan fingerprint density at radius 3 is 2.79 bits per heavy atom. The van der Waals surface area contributed by atoms with Crippen molar-refractivity contribution in [1.29, 1.82) is 0 Å². The first-order valence-corrected chi connectivity index (χ1v) is 6.75. The van der Waals surface area contributed by atoms with Gasteiger partial charge in [0.05, 0.1) is 17.8 Å². The highest BCUT2D eigenvalue weighted by Crippen LogP contribution is 2.25. The fourth-order valence-electron chi connectivity index (χ4n) is 2.17. The lowest BCUT2D eigenvalue weighted by atomic mass is 10.1. The van der Waals surface area contributed by atoms with E-state index in [0.717, 1.165) is 4.47 Å². The number of pyridine rings is 1. The Morgan fingerprint density at radius 2 is 2.16 bits per heavy atom. The van der Waals surface area contributed by atoms with Gasteiger partial charge in [-0.15, -0.1) is 0 Å². The second-order valence-electron chi connectivity index (χ2n) is 4.54. The molecule has 1 saturated carbocycles. The number of carbonyl (C=O) groups excluding carboxylic acids is 1. The number of rotatable bonds is 3. The maximum Gasteiger partial charge on any atom is 0.319 e. The molecule has 1 aliphatic rings. The number of halogens is 1. The van der Waals surface area contributed by atoms with Crippen LogP contribution in [0, 0.1) is 5.92 Å². The van der Waals surface area contributed by atoms with Crippen LogP contribution in [0.15, 0.2) is 22.9 Å². The summed E-state index contributed by atoms with van der Waals surface area (Å²) in [4.78, 5) is 26.5. The largest absolute Gasteiger partial charge is 0.481 e. The summed E-state index contributed by atoms with van der Waals surface area (Å²) in [6.45, 7) is 0. The van der Waals surface area contributed by atoms with E-state index in [1.165, 1.54) is 0 Å². The predicted molar refractivity (Wildman–Crippen MR) is 72.9 cm³/mol. The molecular weight excluding hydrogens is 314 g/mol. The first kappa shape index (κ1) is 13.8. The number of nitrogens with zero attached hydrogens (tertiary/aromatic N) is 1. The van der Waals surface area contributed by atoms with Gasteiger partial charge in [-0.3, -0.25) is 9.78 Å². The van der Waals surface area contributed by atoms with E-state index in [0.29, 0.717) is 24.9 Å². The van der Waals surface area contributed by atoms with E-state index in [1.807, 2.05) is 0 Å². The highest BCUT2D eigenvalue weighted by atomic mass is 79.9. The smallest absolute Gasteiger partial charge is 0.319 e. The number of aromatic nitrogens is 1. The average molecular weight is 328 g/mol. The molecular formula is C12H14BrN3O3. The maximum absolute atomic E-state index is 11.7. The third-order valence-electron chi connectivity index (χ3n) is 3.08. The molecule has 1 fully saturated rings. The van der Waals surface area contributed by atoms with Crippen LogP contribution in [0.4, 0.5) is 10.5 Å². The van der Waals surface area contributed by atoms with E-state index in [2.05, 4.69) is 31.5 Å². The number of nitrogens with one attached hydrogen (secondary N) is 2. The van der Waals surface area contributed by atoms with Crippen LogP contribution in [-0.2, 0) is 4.79 Å². The lowest BCUT2D eigenvalue weighted by Crippen LogP contribution is -2.36. The van der Waals surface area contributed by atoms with Gasteiger partial charge in [0.1, 0.15) is 0 Å². The van der Waals surface area contributed by atoms with E-state index in [9.17, 15) is 9.59 Å². The molecule has 1 aromatic rings. The van der Waals surface area contributed by atoms with E-state index >= 15 is 0 Å². The standard InChI is InChI=1S/C12H14BrN3O3/c13-8-4-10(6-14-5-8)16-12(19)15-9-2-1-7(3-9)11(17)18/h4-7,9H,1-3H2,(H,17,18)(H2,15,16,19)/t7-,9+/m1/s1. The van der Waals surface area contributed by atoms with Crippen molar-refractivity contribution < 1.29 is 14.7 Å². The van der Waals surface area contributed by atoms with Gasteiger partial charge in [0, 0.05) is 16.7 Å². The van der Waals surface area contributed by atoms with E-state index < -0.39 is 5.97 Å². The first-order valence-electron chi connectivity index (χ1n) is 5.95. The highest BCUT2D eigenvalue weighted by molar-refractivity contribution is 9.10. The number of carboxylic acids is 1. The molecule has 0 aromatic carbocycles. The molecule has 0 bridgehead atoms. The molecule has 0 aliphatic heterocycles. The highest BCUT2D eigenvalue weighted by Gasteiger charge is 2.30. The lowest BCUT2D eigenvalue weighted by molar-refractivity contribution is -0.141. The summed E-state index contributed by atoms with van der Waals surface area (Å²) >= 11 is 3.26. The van der Waals surface area contributed by atoms with Crippen molar-refractivity contribution in [1.82, 2.24) is 10.3 Å². The number of anilines is 1. The van der Waals surface area contributed by atoms with Crippen molar-refractivity contribution in [2.75, 3.05) is 5.32 Å². The Balaban J connectivity index is 1.84. The van der Waals surface area contributed by atoms with Gasteiger partial charge >= 0.3 is 12.0 Å². The van der Waals surface area contributed by atoms with Crippen molar-refractivity contribution in [2.45, 2.75) is 25.3 Å². The number of amides is 2. The second-order valence-corrected chi connectivity index (χ2v) is 5.45. The quantitative estimate of drug-likeness (QED) is 0.793. The minimum atomic E-state index is -0.791. The molecule has 0 saturated heterocycles. The van der Waals surface area contributed by atoms with Gasteiger partial charge < -0.3 is 15.7 Å².